The molecule has 176 valence electrons. The number of hydrogen-bond donors (Lipinski definition) is 2. The molecule has 0 aliphatic heterocycles. The van der Waals surface area contributed by atoms with Gasteiger partial charge in [0.05, 0.1) is 16.8 Å². The second-order valence-electron chi connectivity index (χ2n) is 6.92. The number of rotatable bonds is 10. The quantitative estimate of drug-likeness (QED) is 0.212. The van der Waals surface area contributed by atoms with Gasteiger partial charge in [0.25, 0.3) is 21.8 Å². The topological polar surface area (TPSA) is 131 Å². The lowest BCUT2D eigenvalue weighted by atomic mass is 10.2. The fourth-order valence-corrected chi connectivity index (χ4v) is 4.59. The van der Waals surface area contributed by atoms with E-state index in [2.05, 4.69) is 33.1 Å². The normalized spacial score (nSPS) is 11.2. The fraction of sp³-hybridized carbons (Fsp3) is 0.0870. The zero-order valence-electron chi connectivity index (χ0n) is 17.8. The van der Waals surface area contributed by atoms with Gasteiger partial charge in [-0.3, -0.25) is 13.9 Å². The molecule has 2 amide bonds. The number of amides is 2. The summed E-state index contributed by atoms with van der Waals surface area (Å²) in [6.45, 7) is -0.693. The first-order valence-electron chi connectivity index (χ1n) is 9.92. The van der Waals surface area contributed by atoms with E-state index in [1.54, 1.807) is 66.7 Å². The van der Waals surface area contributed by atoms with Crippen LogP contribution in [0.4, 0.5) is 5.69 Å². The summed E-state index contributed by atoms with van der Waals surface area (Å²) >= 11 is 2.12. The van der Waals surface area contributed by atoms with Crippen molar-refractivity contribution in [3.05, 3.63) is 88.0 Å². The van der Waals surface area contributed by atoms with Crippen LogP contribution in [0, 0.1) is 3.57 Å². The Kier molecular flexibility index (Phi) is 8.60. The van der Waals surface area contributed by atoms with E-state index in [-0.39, 0.29) is 11.5 Å². The van der Waals surface area contributed by atoms with E-state index in [1.165, 1.54) is 18.3 Å². The lowest BCUT2D eigenvalue weighted by Gasteiger charge is -2.23. The van der Waals surface area contributed by atoms with Crippen molar-refractivity contribution < 1.29 is 22.7 Å². The molecule has 11 heteroatoms. The number of halogens is 1. The van der Waals surface area contributed by atoms with Gasteiger partial charge in [-0.2, -0.15) is 5.10 Å². The second kappa shape index (κ2) is 11.6. The van der Waals surface area contributed by atoms with E-state index in [4.69, 9.17) is 10.5 Å². The van der Waals surface area contributed by atoms with E-state index in [1.807, 2.05) is 0 Å². The van der Waals surface area contributed by atoms with E-state index in [9.17, 15) is 18.0 Å². The molecule has 34 heavy (non-hydrogen) atoms. The number of nitrogens with two attached hydrogens (primary N) is 1. The first kappa shape index (κ1) is 25.2. The third-order valence-corrected chi connectivity index (χ3v) is 6.90. The predicted octanol–water partition coefficient (Wildman–Crippen LogP) is 2.50. The smallest absolute Gasteiger partial charge is 0.264 e. The lowest BCUT2D eigenvalue weighted by molar-refractivity contribution is -0.120. The van der Waals surface area contributed by atoms with Crippen LogP contribution in [0.3, 0.4) is 0 Å². The van der Waals surface area contributed by atoms with Crippen molar-refractivity contribution in [2.24, 2.45) is 10.8 Å². The number of anilines is 1. The summed E-state index contributed by atoms with van der Waals surface area (Å²) in [7, 11) is -3.98. The summed E-state index contributed by atoms with van der Waals surface area (Å²) in [5.41, 5.74) is 8.39. The number of nitrogens with zero attached hydrogens (tertiary/aromatic N) is 2. The van der Waals surface area contributed by atoms with Crippen LogP contribution in [0.5, 0.6) is 5.75 Å². The van der Waals surface area contributed by atoms with Crippen molar-refractivity contribution in [1.82, 2.24) is 5.43 Å². The Morgan fingerprint density at radius 3 is 2.26 bits per heavy atom. The molecule has 0 bridgehead atoms. The van der Waals surface area contributed by atoms with Crippen LogP contribution in [0.15, 0.2) is 88.9 Å². The van der Waals surface area contributed by atoms with Gasteiger partial charge >= 0.3 is 0 Å². The number of hydrazone groups is 1. The molecular weight excluding hydrogens is 571 g/mol. The molecular formula is C23H21IN4O5S. The SMILES string of the molecule is NC(=O)COc1ccc(/C=N\NC(=O)CN(c2ccc(I)cc2)S(=O)(=O)c2ccccc2)cc1. The Labute approximate surface area is 210 Å². The average molecular weight is 592 g/mol. The highest BCUT2D eigenvalue weighted by molar-refractivity contribution is 14.1. The van der Waals surface area contributed by atoms with Crippen LogP contribution in [-0.2, 0) is 19.6 Å². The van der Waals surface area contributed by atoms with Crippen LogP contribution in [0.25, 0.3) is 0 Å². The maximum absolute atomic E-state index is 13.2. The van der Waals surface area contributed by atoms with Gasteiger partial charge in [-0.05, 0) is 88.8 Å². The number of nitrogens with one attached hydrogen (secondary N) is 1. The van der Waals surface area contributed by atoms with Crippen molar-refractivity contribution >= 4 is 56.3 Å². The number of benzene rings is 3. The minimum Gasteiger partial charge on any atom is -0.484 e. The minimum absolute atomic E-state index is 0.0727. The Balaban J connectivity index is 1.71. The summed E-state index contributed by atoms with van der Waals surface area (Å²) in [4.78, 5) is 23.4. The zero-order valence-corrected chi connectivity index (χ0v) is 20.8. The molecule has 0 spiro atoms. The van der Waals surface area contributed by atoms with Crippen LogP contribution in [-0.4, -0.2) is 39.6 Å². The highest BCUT2D eigenvalue weighted by Crippen LogP contribution is 2.24. The Hall–Kier alpha value is -3.45. The van der Waals surface area contributed by atoms with Crippen molar-refractivity contribution in [2.75, 3.05) is 17.5 Å². The van der Waals surface area contributed by atoms with E-state index < -0.39 is 28.4 Å². The third kappa shape index (κ3) is 7.02. The zero-order chi connectivity index (χ0) is 24.6. The molecule has 0 unspecified atom stereocenters. The molecule has 0 aliphatic rings. The van der Waals surface area contributed by atoms with Gasteiger partial charge in [0.2, 0.25) is 0 Å². The van der Waals surface area contributed by atoms with Gasteiger partial charge in [-0.1, -0.05) is 18.2 Å². The molecule has 3 aromatic rings. The monoisotopic (exact) mass is 592 g/mol. The van der Waals surface area contributed by atoms with Gasteiger partial charge in [-0.15, -0.1) is 0 Å². The molecule has 0 radical (unpaired) electrons. The molecule has 3 aromatic carbocycles. The molecule has 0 saturated heterocycles. The number of ether oxygens (including phenoxy) is 1. The summed E-state index contributed by atoms with van der Waals surface area (Å²) in [6, 6.07) is 21.3. The predicted molar refractivity (Wildman–Crippen MR) is 137 cm³/mol. The highest BCUT2D eigenvalue weighted by Gasteiger charge is 2.27. The fourth-order valence-electron chi connectivity index (χ4n) is 2.79. The average Bonchev–Trinajstić information content (AvgIpc) is 2.83. The molecule has 9 nitrogen and oxygen atoms in total. The summed E-state index contributed by atoms with van der Waals surface area (Å²) < 4.78 is 33.6. The molecule has 0 fully saturated rings. The summed E-state index contributed by atoms with van der Waals surface area (Å²) in [5.74, 6) is -0.739. The highest BCUT2D eigenvalue weighted by atomic mass is 127. The van der Waals surface area contributed by atoms with Gasteiger partial charge in [0.1, 0.15) is 12.3 Å². The van der Waals surface area contributed by atoms with Crippen LogP contribution < -0.4 is 20.2 Å². The first-order chi connectivity index (χ1) is 16.3. The summed E-state index contributed by atoms with van der Waals surface area (Å²) in [6.07, 6.45) is 1.40. The number of sulfonamides is 1. The summed E-state index contributed by atoms with van der Waals surface area (Å²) in [5, 5.41) is 3.90. The third-order valence-electron chi connectivity index (χ3n) is 4.40. The Morgan fingerprint density at radius 1 is 1.00 bits per heavy atom. The van der Waals surface area contributed by atoms with Gasteiger partial charge in [0.15, 0.2) is 6.61 Å². The molecule has 0 heterocycles. The van der Waals surface area contributed by atoms with E-state index in [0.717, 1.165) is 7.88 Å². The number of carbonyl (C=O) groups is 2. The lowest BCUT2D eigenvalue weighted by Crippen LogP contribution is -2.39. The van der Waals surface area contributed by atoms with Crippen molar-refractivity contribution in [3.8, 4) is 5.75 Å². The van der Waals surface area contributed by atoms with Crippen LogP contribution >= 0.6 is 22.6 Å². The molecule has 3 rings (SSSR count). The molecule has 0 aliphatic carbocycles. The van der Waals surface area contributed by atoms with Crippen molar-refractivity contribution in [3.63, 3.8) is 0 Å². The minimum atomic E-state index is -3.98. The van der Waals surface area contributed by atoms with Gasteiger partial charge < -0.3 is 10.5 Å². The Bertz CT molecular complexity index is 1260. The first-order valence-corrected chi connectivity index (χ1v) is 12.4. The van der Waals surface area contributed by atoms with E-state index in [0.29, 0.717) is 17.0 Å². The second-order valence-corrected chi connectivity index (χ2v) is 10.0. The maximum atomic E-state index is 13.2. The number of primary amides is 1. The van der Waals surface area contributed by atoms with Crippen LogP contribution in [0.1, 0.15) is 5.56 Å². The molecule has 0 saturated carbocycles. The molecule has 0 atom stereocenters. The van der Waals surface area contributed by atoms with Crippen molar-refractivity contribution in [1.29, 1.82) is 0 Å². The Morgan fingerprint density at radius 2 is 1.65 bits per heavy atom. The molecule has 3 N–H and O–H groups in total. The number of carbonyl (C=O) groups excluding carboxylic acids is 2. The maximum Gasteiger partial charge on any atom is 0.264 e. The van der Waals surface area contributed by atoms with Gasteiger partial charge in [0, 0.05) is 3.57 Å². The number of hydrogen-bond acceptors (Lipinski definition) is 6. The standard InChI is InChI=1S/C23H21IN4O5S/c24-18-8-10-19(11-9-18)28(34(31,32)21-4-2-1-3-5-21)15-23(30)27-26-14-17-6-12-20(13-7-17)33-16-22(25)29/h1-14H,15-16H2,(H2,25,29)(H,27,30)/b26-14-. The van der Waals surface area contributed by atoms with Crippen LogP contribution in [0.2, 0.25) is 0 Å². The van der Waals surface area contributed by atoms with Crippen molar-refractivity contribution in [2.45, 2.75) is 4.90 Å². The van der Waals surface area contributed by atoms with E-state index >= 15 is 0 Å². The largest absolute Gasteiger partial charge is 0.484 e. The van der Waals surface area contributed by atoms with Gasteiger partial charge in [-0.25, -0.2) is 13.8 Å². The molecule has 0 aromatic heterocycles.